The molecule has 0 spiro atoms. The van der Waals surface area contributed by atoms with E-state index < -0.39 is 41.9 Å². The van der Waals surface area contributed by atoms with E-state index in [1.807, 2.05) is 0 Å². The Morgan fingerprint density at radius 1 is 0.329 bits per heavy atom. The summed E-state index contributed by atoms with van der Waals surface area (Å²) in [6, 6.07) is 69.5. The first-order valence-electron chi connectivity index (χ1n) is 29.3. The average Bonchev–Trinajstić information content (AvgIpc) is 4.47. The van der Waals surface area contributed by atoms with Gasteiger partial charge in [0.2, 0.25) is 0 Å². The van der Waals surface area contributed by atoms with E-state index in [4.69, 9.17) is 0 Å². The van der Waals surface area contributed by atoms with Crippen molar-refractivity contribution in [3.05, 3.63) is 292 Å². The van der Waals surface area contributed by atoms with Crippen LogP contribution in [0.25, 0.3) is 22.3 Å². The Morgan fingerprint density at radius 3 is 0.915 bits per heavy atom. The summed E-state index contributed by atoms with van der Waals surface area (Å²) in [4.78, 5) is 0. The minimum absolute atomic E-state index is 0. The van der Waals surface area contributed by atoms with Crippen molar-refractivity contribution in [3.8, 4) is 22.3 Å². The van der Waals surface area contributed by atoms with Crippen molar-refractivity contribution in [3.63, 3.8) is 0 Å². The Labute approximate surface area is 519 Å². The number of rotatable bonds is 8. The summed E-state index contributed by atoms with van der Waals surface area (Å²) in [6.45, 7) is 28.4. The molecule has 8 aromatic carbocycles. The van der Waals surface area contributed by atoms with Crippen LogP contribution in [0.2, 0.25) is 0 Å². The molecule has 0 aromatic heterocycles. The molecule has 0 fully saturated rings. The van der Waals surface area contributed by atoms with Gasteiger partial charge in [-0.3, -0.25) is 0 Å². The zero-order chi connectivity index (χ0) is 56.1. The molecule has 4 aliphatic rings. The minimum Gasteiger partial charge on any atom is -1.00 e. The summed E-state index contributed by atoms with van der Waals surface area (Å²) in [5.74, 6) is 0. The molecular formula is C78H80Cl2Hf2-2. The van der Waals surface area contributed by atoms with Gasteiger partial charge in [0.1, 0.15) is 0 Å². The van der Waals surface area contributed by atoms with Crippen LogP contribution in [0.1, 0.15) is 163 Å². The maximum absolute atomic E-state index is 2.90. The monoisotopic (exact) mass is 1450 g/mol. The third-order valence-electron chi connectivity index (χ3n) is 17.0. The number of hydrogen-bond donors (Lipinski definition) is 0. The molecular weight excluding hydrogens is 1360 g/mol. The minimum atomic E-state index is -2.90. The van der Waals surface area contributed by atoms with Crippen molar-refractivity contribution >= 4 is 13.2 Å². The molecule has 0 heterocycles. The van der Waals surface area contributed by atoms with Crippen molar-refractivity contribution in [2.45, 2.75) is 130 Å². The molecule has 0 atom stereocenters. The third kappa shape index (κ3) is 12.5. The topological polar surface area (TPSA) is 0 Å². The summed E-state index contributed by atoms with van der Waals surface area (Å²) >= 11 is -5.80. The van der Waals surface area contributed by atoms with Gasteiger partial charge >= 0.3 is 500 Å². The first-order chi connectivity index (χ1) is 38.3. The summed E-state index contributed by atoms with van der Waals surface area (Å²) in [5.41, 5.74) is 24.0. The Kier molecular flexibility index (Phi) is 18.5. The molecule has 416 valence electrons. The van der Waals surface area contributed by atoms with E-state index in [0.29, 0.717) is 0 Å². The summed E-state index contributed by atoms with van der Waals surface area (Å²) in [6.07, 6.45) is 18.5. The van der Waals surface area contributed by atoms with Crippen LogP contribution in [0.15, 0.2) is 225 Å². The first-order valence-corrected chi connectivity index (χ1v) is 40.1. The van der Waals surface area contributed by atoms with E-state index >= 15 is 0 Å². The molecule has 0 N–H and O–H groups in total. The second-order valence-corrected chi connectivity index (χ2v) is 44.2. The maximum atomic E-state index is 2.65. The van der Waals surface area contributed by atoms with Crippen LogP contribution in [-0.2, 0) is 76.4 Å². The predicted octanol–water partition coefficient (Wildman–Crippen LogP) is 12.4. The largest absolute Gasteiger partial charge is 1.00 e. The molecule has 8 aromatic rings. The van der Waals surface area contributed by atoms with Crippen LogP contribution in [0, 0.1) is 0 Å². The van der Waals surface area contributed by atoms with E-state index in [1.165, 1.54) is 66.8 Å². The average molecular weight is 1450 g/mol. The molecule has 0 nitrogen and oxygen atoms in total. The normalized spacial score (nSPS) is 13.8. The van der Waals surface area contributed by atoms with Gasteiger partial charge in [-0.2, -0.15) is 0 Å². The van der Waals surface area contributed by atoms with E-state index in [2.05, 4.69) is 302 Å². The molecule has 4 heteroatoms. The fourth-order valence-electron chi connectivity index (χ4n) is 12.9. The van der Waals surface area contributed by atoms with E-state index in [0.717, 1.165) is 25.7 Å². The molecule has 0 saturated heterocycles. The van der Waals surface area contributed by atoms with E-state index in [-0.39, 0.29) is 46.5 Å². The van der Waals surface area contributed by atoms with Gasteiger partial charge in [0.25, 0.3) is 0 Å². The van der Waals surface area contributed by atoms with Gasteiger partial charge in [0, 0.05) is 0 Å². The Hall–Kier alpha value is -5.22. The van der Waals surface area contributed by atoms with Crippen LogP contribution in [0.3, 0.4) is 0 Å². The van der Waals surface area contributed by atoms with Gasteiger partial charge in [0.15, 0.2) is 0 Å². The van der Waals surface area contributed by atoms with Crippen molar-refractivity contribution < 1.29 is 66.7 Å². The molecule has 0 amide bonds. The SMILES string of the molecule is CC(C)(C)c1cc2c([c]([Hf]([C]3=CC=CC3)=[C](c3ccccc3)c3ccccc3)c1)Cc1c-2cccc1C(C)(C)C.CC(C)(C)c1cc2c([c]([Hf]([C]3=CC=CC3)=[C](c3ccccc3)c3ccccc3)c1)Cc1c-2cccc1C(C)(C)C.[Cl-].[Cl-]. The molecule has 82 heavy (non-hydrogen) atoms. The van der Waals surface area contributed by atoms with Gasteiger partial charge in [-0.1, -0.05) is 0 Å². The molecule has 0 saturated carbocycles. The molecule has 0 aliphatic heterocycles. The number of benzene rings is 8. The zero-order valence-electron chi connectivity index (χ0n) is 50.4. The second kappa shape index (κ2) is 24.8. The van der Waals surface area contributed by atoms with Gasteiger partial charge in [-0.25, -0.2) is 0 Å². The maximum Gasteiger partial charge on any atom is -1.00 e. The first kappa shape index (κ1) is 61.3. The quantitative estimate of drug-likeness (QED) is 0.133. The number of allylic oxidation sites excluding steroid dienone is 8. The van der Waals surface area contributed by atoms with Gasteiger partial charge in [-0.05, 0) is 0 Å². The summed E-state index contributed by atoms with van der Waals surface area (Å²) in [5, 5.41) is 0. The fourth-order valence-corrected chi connectivity index (χ4v) is 36.3. The Bertz CT molecular complexity index is 3520. The number of halogens is 2. The van der Waals surface area contributed by atoms with Crippen molar-refractivity contribution in [1.29, 1.82) is 0 Å². The number of fused-ring (bicyclic) bond motifs is 6. The van der Waals surface area contributed by atoms with E-state index in [1.54, 1.807) is 42.1 Å². The Morgan fingerprint density at radius 2 is 0.646 bits per heavy atom. The van der Waals surface area contributed by atoms with Gasteiger partial charge in [0.05, 0.1) is 0 Å². The third-order valence-corrected chi connectivity index (χ3v) is 39.1. The van der Waals surface area contributed by atoms with Crippen LogP contribution < -0.4 is 31.5 Å². The van der Waals surface area contributed by atoms with Crippen molar-refractivity contribution in [1.82, 2.24) is 0 Å². The van der Waals surface area contributed by atoms with Gasteiger partial charge < -0.3 is 24.8 Å². The molecule has 0 unspecified atom stereocenters. The van der Waals surface area contributed by atoms with E-state index in [9.17, 15) is 0 Å². The van der Waals surface area contributed by atoms with Crippen LogP contribution >= 0.6 is 0 Å². The smallest absolute Gasteiger partial charge is 1.00 e. The van der Waals surface area contributed by atoms with Gasteiger partial charge in [-0.15, -0.1) is 0 Å². The molecule has 12 rings (SSSR count). The number of hydrogen-bond acceptors (Lipinski definition) is 0. The van der Waals surface area contributed by atoms with Crippen molar-refractivity contribution in [2.75, 3.05) is 0 Å². The molecule has 4 aliphatic carbocycles. The zero-order valence-corrected chi connectivity index (χ0v) is 59.1. The second-order valence-electron chi connectivity index (χ2n) is 26.7. The Balaban J connectivity index is 0.000000193. The summed E-state index contributed by atoms with van der Waals surface area (Å²) in [7, 11) is 0. The summed E-state index contributed by atoms with van der Waals surface area (Å²) < 4.78 is 9.96. The van der Waals surface area contributed by atoms with Crippen LogP contribution in [-0.4, -0.2) is 6.51 Å². The predicted molar refractivity (Wildman–Crippen MR) is 339 cm³/mol. The van der Waals surface area contributed by atoms with Crippen LogP contribution in [0.5, 0.6) is 0 Å². The van der Waals surface area contributed by atoms with Crippen molar-refractivity contribution in [2.24, 2.45) is 0 Å². The standard InChI is InChI=1S/2C21H25.2C13H10.2C5H5.2ClH.2Hf/c2*1-20(2,3)15-11-10-14-12-18-16(17(14)13-15)8-7-9-19(18)21(4,5)6;2*1-3-7-12(8-4-1)11-13-9-5-2-6-10-13;2*1-2-4-5-3-1;;;;/h2*7-9,11,13H,12H2,1-6H3;2*1-10H;2*1-3H,4H2;2*1H;;/p-2. The molecule has 0 bridgehead atoms. The molecule has 0 radical (unpaired) electrons. The van der Waals surface area contributed by atoms with Crippen LogP contribution in [0.4, 0.5) is 0 Å². The fraction of sp³-hybridized carbons (Fsp3) is 0.256.